The van der Waals surface area contributed by atoms with Crippen LogP contribution in [0.1, 0.15) is 6.42 Å². The third-order valence-electron chi connectivity index (χ3n) is 1.27. The minimum atomic E-state index is 0.758. The van der Waals surface area contributed by atoms with Gasteiger partial charge in [0.1, 0.15) is 0 Å². The molecule has 0 aromatic carbocycles. The highest BCUT2D eigenvalue weighted by Crippen LogP contribution is 1.97. The van der Waals surface area contributed by atoms with Gasteiger partial charge in [-0.05, 0) is 6.42 Å². The first-order valence-electron chi connectivity index (χ1n) is 4.26. The number of rotatable bonds is 9. The lowest BCUT2D eigenvalue weighted by molar-refractivity contribution is 0.113. The molecule has 3 nitrogen and oxygen atoms in total. The highest BCUT2D eigenvalue weighted by Gasteiger charge is 1.89. The predicted octanol–water partition coefficient (Wildman–Crippen LogP) is 0.731. The first-order chi connectivity index (χ1) is 5.91. The van der Waals surface area contributed by atoms with Crippen molar-refractivity contribution in [2.75, 3.05) is 45.0 Å². The molecule has 0 rings (SSSR count). The van der Waals surface area contributed by atoms with Gasteiger partial charge in [0, 0.05) is 38.4 Å². The Kier molecular flexibility index (Phi) is 11.4. The summed E-state index contributed by atoms with van der Waals surface area (Å²) in [7, 11) is 1.71. The van der Waals surface area contributed by atoms with Crippen molar-refractivity contribution >= 4 is 11.8 Å². The minimum Gasteiger partial charge on any atom is -0.385 e. The Hall–Kier alpha value is 0.230. The lowest BCUT2D eigenvalue weighted by Gasteiger charge is -2.02. The van der Waals surface area contributed by atoms with Crippen molar-refractivity contribution in [1.29, 1.82) is 0 Å². The van der Waals surface area contributed by atoms with Crippen LogP contribution in [-0.4, -0.2) is 45.0 Å². The summed E-state index contributed by atoms with van der Waals surface area (Å²) in [4.78, 5) is 0. The molecule has 0 unspecified atom stereocenters. The molecule has 0 aliphatic heterocycles. The van der Waals surface area contributed by atoms with E-state index in [2.05, 4.69) is 0 Å². The van der Waals surface area contributed by atoms with E-state index in [0.29, 0.717) is 0 Å². The van der Waals surface area contributed by atoms with Crippen LogP contribution in [0.2, 0.25) is 0 Å². The van der Waals surface area contributed by atoms with Gasteiger partial charge in [-0.2, -0.15) is 11.8 Å². The molecule has 0 heterocycles. The average molecular weight is 193 g/mol. The van der Waals surface area contributed by atoms with E-state index in [-0.39, 0.29) is 0 Å². The van der Waals surface area contributed by atoms with E-state index in [1.54, 1.807) is 7.11 Å². The maximum Gasteiger partial charge on any atom is 0.0556 e. The Labute approximate surface area is 79.0 Å². The van der Waals surface area contributed by atoms with Crippen LogP contribution < -0.4 is 5.73 Å². The Morgan fingerprint density at radius 1 is 1.17 bits per heavy atom. The molecular formula is C8H19NO2S. The van der Waals surface area contributed by atoms with Gasteiger partial charge in [0.05, 0.1) is 6.61 Å². The molecule has 0 fully saturated rings. The first kappa shape index (κ1) is 12.2. The molecule has 74 valence electrons. The molecule has 0 amide bonds. The number of nitrogens with two attached hydrogens (primary N) is 1. The van der Waals surface area contributed by atoms with Crippen molar-refractivity contribution in [3.05, 3.63) is 0 Å². The van der Waals surface area contributed by atoms with Gasteiger partial charge >= 0.3 is 0 Å². The van der Waals surface area contributed by atoms with E-state index in [4.69, 9.17) is 15.2 Å². The van der Waals surface area contributed by atoms with Crippen LogP contribution in [0.25, 0.3) is 0 Å². The van der Waals surface area contributed by atoms with Crippen molar-refractivity contribution in [2.24, 2.45) is 5.73 Å². The zero-order chi connectivity index (χ0) is 9.07. The summed E-state index contributed by atoms with van der Waals surface area (Å²) in [6.45, 7) is 3.18. The second kappa shape index (κ2) is 11.2. The number of hydrogen-bond acceptors (Lipinski definition) is 4. The van der Waals surface area contributed by atoms with Crippen molar-refractivity contribution in [2.45, 2.75) is 6.42 Å². The number of methoxy groups -OCH3 is 1. The summed E-state index contributed by atoms with van der Waals surface area (Å²) in [5.74, 6) is 2.08. The van der Waals surface area contributed by atoms with E-state index in [9.17, 15) is 0 Å². The zero-order valence-electron chi connectivity index (χ0n) is 7.75. The van der Waals surface area contributed by atoms with Gasteiger partial charge in [-0.3, -0.25) is 0 Å². The average Bonchev–Trinajstić information content (AvgIpc) is 2.10. The molecule has 0 radical (unpaired) electrons. The SMILES string of the molecule is COCCCOCCSCCN. The normalized spacial score (nSPS) is 10.5. The van der Waals surface area contributed by atoms with Crippen LogP contribution in [0, 0.1) is 0 Å². The minimum absolute atomic E-state index is 0.758. The van der Waals surface area contributed by atoms with Gasteiger partial charge in [-0.15, -0.1) is 0 Å². The van der Waals surface area contributed by atoms with Crippen LogP contribution in [0.5, 0.6) is 0 Å². The third kappa shape index (κ3) is 10.2. The summed E-state index contributed by atoms with van der Waals surface area (Å²) in [5, 5.41) is 0. The van der Waals surface area contributed by atoms with E-state index < -0.39 is 0 Å². The Bertz CT molecular complexity index is 73.5. The standard InChI is InChI=1S/C8H19NO2S/c1-10-4-2-5-11-6-8-12-7-3-9/h2-9H2,1H3. The second-order valence-electron chi connectivity index (χ2n) is 2.36. The molecule has 0 aromatic heterocycles. The molecule has 0 saturated heterocycles. The van der Waals surface area contributed by atoms with E-state index in [0.717, 1.165) is 44.3 Å². The largest absolute Gasteiger partial charge is 0.385 e. The fraction of sp³-hybridized carbons (Fsp3) is 1.00. The molecule has 2 N–H and O–H groups in total. The monoisotopic (exact) mass is 193 g/mol. The summed E-state index contributed by atoms with van der Waals surface area (Å²) in [6, 6.07) is 0. The molecule has 0 bridgehead atoms. The summed E-state index contributed by atoms with van der Waals surface area (Å²) >= 11 is 1.84. The molecule has 0 atom stereocenters. The van der Waals surface area contributed by atoms with Gasteiger partial charge < -0.3 is 15.2 Å². The van der Waals surface area contributed by atoms with Crippen molar-refractivity contribution in [1.82, 2.24) is 0 Å². The lowest BCUT2D eigenvalue weighted by atomic mass is 10.5. The van der Waals surface area contributed by atoms with Gasteiger partial charge in [0.2, 0.25) is 0 Å². The third-order valence-corrected chi connectivity index (χ3v) is 2.25. The highest BCUT2D eigenvalue weighted by molar-refractivity contribution is 7.99. The van der Waals surface area contributed by atoms with Crippen molar-refractivity contribution in [3.63, 3.8) is 0 Å². The van der Waals surface area contributed by atoms with Gasteiger partial charge in [0.15, 0.2) is 0 Å². The fourth-order valence-electron chi connectivity index (χ4n) is 0.711. The van der Waals surface area contributed by atoms with Gasteiger partial charge in [-0.25, -0.2) is 0 Å². The Morgan fingerprint density at radius 3 is 2.67 bits per heavy atom. The molecule has 0 saturated carbocycles. The summed E-state index contributed by atoms with van der Waals surface area (Å²) in [6.07, 6.45) is 0.984. The second-order valence-corrected chi connectivity index (χ2v) is 3.58. The lowest BCUT2D eigenvalue weighted by Crippen LogP contribution is -2.05. The zero-order valence-corrected chi connectivity index (χ0v) is 8.57. The van der Waals surface area contributed by atoms with E-state index in [1.807, 2.05) is 11.8 Å². The van der Waals surface area contributed by atoms with Gasteiger partial charge in [0.25, 0.3) is 0 Å². The maximum atomic E-state index is 5.34. The smallest absolute Gasteiger partial charge is 0.0556 e. The quantitative estimate of drug-likeness (QED) is 0.548. The number of ether oxygens (including phenoxy) is 2. The first-order valence-corrected chi connectivity index (χ1v) is 5.41. The Morgan fingerprint density at radius 2 is 2.00 bits per heavy atom. The molecule has 0 spiro atoms. The Balaban J connectivity index is 2.73. The molecule has 12 heavy (non-hydrogen) atoms. The highest BCUT2D eigenvalue weighted by atomic mass is 32.2. The van der Waals surface area contributed by atoms with Crippen LogP contribution >= 0.6 is 11.8 Å². The molecule has 0 aliphatic rings. The van der Waals surface area contributed by atoms with E-state index >= 15 is 0 Å². The molecular weight excluding hydrogens is 174 g/mol. The predicted molar refractivity (Wildman–Crippen MR) is 53.7 cm³/mol. The molecule has 0 aromatic rings. The van der Waals surface area contributed by atoms with Crippen LogP contribution in [0.15, 0.2) is 0 Å². The molecule has 4 heteroatoms. The van der Waals surface area contributed by atoms with Crippen LogP contribution in [0.3, 0.4) is 0 Å². The van der Waals surface area contributed by atoms with E-state index in [1.165, 1.54) is 0 Å². The number of hydrogen-bond donors (Lipinski definition) is 1. The van der Waals surface area contributed by atoms with Crippen LogP contribution in [-0.2, 0) is 9.47 Å². The molecule has 0 aliphatic carbocycles. The van der Waals surface area contributed by atoms with Crippen molar-refractivity contribution in [3.8, 4) is 0 Å². The van der Waals surface area contributed by atoms with Crippen molar-refractivity contribution < 1.29 is 9.47 Å². The van der Waals surface area contributed by atoms with Crippen LogP contribution in [0.4, 0.5) is 0 Å². The summed E-state index contributed by atoms with van der Waals surface area (Å²) in [5.41, 5.74) is 5.33. The maximum absolute atomic E-state index is 5.34. The fourth-order valence-corrected chi connectivity index (χ4v) is 1.32. The van der Waals surface area contributed by atoms with Gasteiger partial charge in [-0.1, -0.05) is 0 Å². The summed E-state index contributed by atoms with van der Waals surface area (Å²) < 4.78 is 10.2. The number of thioether (sulfide) groups is 1. The topological polar surface area (TPSA) is 44.5 Å².